The van der Waals surface area contributed by atoms with Crippen molar-refractivity contribution in [2.45, 2.75) is 32.2 Å². The zero-order valence-electron chi connectivity index (χ0n) is 11.5. The number of anilines is 1. The second kappa shape index (κ2) is 6.06. The molecule has 0 radical (unpaired) electrons. The van der Waals surface area contributed by atoms with E-state index >= 15 is 0 Å². The van der Waals surface area contributed by atoms with Crippen LogP contribution in [0.5, 0.6) is 0 Å². The SMILES string of the molecule is CCC(N)c1ccc(N2CCC(C(N)=O)CC2)cc1. The molecule has 1 amide bonds. The van der Waals surface area contributed by atoms with Crippen LogP contribution in [0.15, 0.2) is 24.3 Å². The Hall–Kier alpha value is -1.55. The van der Waals surface area contributed by atoms with Gasteiger partial charge in [-0.3, -0.25) is 4.79 Å². The summed E-state index contributed by atoms with van der Waals surface area (Å²) < 4.78 is 0. The molecule has 4 heteroatoms. The molecule has 0 saturated carbocycles. The lowest BCUT2D eigenvalue weighted by Crippen LogP contribution is -2.38. The first-order chi connectivity index (χ1) is 9.11. The summed E-state index contributed by atoms with van der Waals surface area (Å²) in [6.07, 6.45) is 2.65. The molecule has 0 bridgehead atoms. The molecular formula is C15H23N3O. The number of benzene rings is 1. The average molecular weight is 261 g/mol. The fourth-order valence-corrected chi connectivity index (χ4v) is 2.59. The van der Waals surface area contributed by atoms with Gasteiger partial charge in [-0.15, -0.1) is 0 Å². The maximum atomic E-state index is 11.1. The summed E-state index contributed by atoms with van der Waals surface area (Å²) in [7, 11) is 0. The molecule has 1 aromatic carbocycles. The van der Waals surface area contributed by atoms with E-state index in [-0.39, 0.29) is 17.9 Å². The number of carbonyl (C=O) groups excluding carboxylic acids is 1. The third kappa shape index (κ3) is 3.26. The van der Waals surface area contributed by atoms with E-state index in [1.54, 1.807) is 0 Å². The van der Waals surface area contributed by atoms with E-state index in [1.165, 1.54) is 11.3 Å². The van der Waals surface area contributed by atoms with Gasteiger partial charge in [0.15, 0.2) is 0 Å². The van der Waals surface area contributed by atoms with Crippen molar-refractivity contribution in [3.63, 3.8) is 0 Å². The third-order valence-electron chi connectivity index (χ3n) is 4.02. The second-order valence-electron chi connectivity index (χ2n) is 5.27. The van der Waals surface area contributed by atoms with Crippen molar-refractivity contribution in [2.75, 3.05) is 18.0 Å². The largest absolute Gasteiger partial charge is 0.371 e. The first-order valence-electron chi connectivity index (χ1n) is 7.01. The van der Waals surface area contributed by atoms with Gasteiger partial charge in [0.2, 0.25) is 5.91 Å². The molecule has 4 N–H and O–H groups in total. The maximum Gasteiger partial charge on any atom is 0.220 e. The summed E-state index contributed by atoms with van der Waals surface area (Å²) in [5.74, 6) is -0.118. The molecule has 1 fully saturated rings. The molecule has 0 spiro atoms. The highest BCUT2D eigenvalue weighted by molar-refractivity contribution is 5.77. The molecule has 1 saturated heterocycles. The van der Waals surface area contributed by atoms with Crippen LogP contribution in [-0.4, -0.2) is 19.0 Å². The van der Waals surface area contributed by atoms with Crippen LogP contribution in [0.3, 0.4) is 0 Å². The molecule has 1 aliphatic rings. The molecule has 19 heavy (non-hydrogen) atoms. The molecule has 2 rings (SSSR count). The lowest BCUT2D eigenvalue weighted by molar-refractivity contribution is -0.122. The van der Waals surface area contributed by atoms with Gasteiger partial charge in [0.05, 0.1) is 0 Å². The van der Waals surface area contributed by atoms with Gasteiger partial charge in [-0.05, 0) is 37.0 Å². The van der Waals surface area contributed by atoms with Crippen LogP contribution in [0.25, 0.3) is 0 Å². The summed E-state index contributed by atoms with van der Waals surface area (Å²) in [5.41, 5.74) is 13.7. The van der Waals surface area contributed by atoms with Crippen molar-refractivity contribution in [2.24, 2.45) is 17.4 Å². The van der Waals surface area contributed by atoms with Gasteiger partial charge in [-0.25, -0.2) is 0 Å². The van der Waals surface area contributed by atoms with Crippen LogP contribution in [-0.2, 0) is 4.79 Å². The summed E-state index contributed by atoms with van der Waals surface area (Å²) in [4.78, 5) is 13.4. The highest BCUT2D eigenvalue weighted by Crippen LogP contribution is 2.24. The standard InChI is InChI=1S/C15H23N3O/c1-2-14(16)11-3-5-13(6-4-11)18-9-7-12(8-10-18)15(17)19/h3-6,12,14H,2,7-10,16H2,1H3,(H2,17,19). The average Bonchev–Trinajstić information content (AvgIpc) is 2.46. The van der Waals surface area contributed by atoms with Crippen LogP contribution in [0.1, 0.15) is 37.8 Å². The van der Waals surface area contributed by atoms with Gasteiger partial charge < -0.3 is 16.4 Å². The Balaban J connectivity index is 1.98. The molecule has 1 heterocycles. The minimum absolute atomic E-state index is 0.0454. The van der Waals surface area contributed by atoms with Gasteiger partial charge in [0.1, 0.15) is 0 Å². The first-order valence-corrected chi connectivity index (χ1v) is 7.01. The highest BCUT2D eigenvalue weighted by Gasteiger charge is 2.23. The highest BCUT2D eigenvalue weighted by atomic mass is 16.1. The van der Waals surface area contributed by atoms with Crippen LogP contribution in [0.2, 0.25) is 0 Å². The van der Waals surface area contributed by atoms with E-state index < -0.39 is 0 Å². The summed E-state index contributed by atoms with van der Waals surface area (Å²) in [6, 6.07) is 8.56. The lowest BCUT2D eigenvalue weighted by atomic mass is 9.95. The summed E-state index contributed by atoms with van der Waals surface area (Å²) in [5, 5.41) is 0. The van der Waals surface area contributed by atoms with Crippen molar-refractivity contribution < 1.29 is 4.79 Å². The van der Waals surface area contributed by atoms with Crippen LogP contribution in [0.4, 0.5) is 5.69 Å². The third-order valence-corrected chi connectivity index (χ3v) is 4.02. The molecule has 104 valence electrons. The smallest absolute Gasteiger partial charge is 0.220 e. The molecule has 0 aromatic heterocycles. The Kier molecular flexibility index (Phi) is 4.43. The fourth-order valence-electron chi connectivity index (χ4n) is 2.59. The molecular weight excluding hydrogens is 238 g/mol. The van der Waals surface area contributed by atoms with E-state index in [0.29, 0.717) is 0 Å². The maximum absolute atomic E-state index is 11.1. The van der Waals surface area contributed by atoms with E-state index in [4.69, 9.17) is 11.5 Å². The molecule has 1 aliphatic heterocycles. The van der Waals surface area contributed by atoms with E-state index in [2.05, 4.69) is 36.1 Å². The van der Waals surface area contributed by atoms with Gasteiger partial charge in [-0.2, -0.15) is 0 Å². The fraction of sp³-hybridized carbons (Fsp3) is 0.533. The zero-order valence-corrected chi connectivity index (χ0v) is 11.5. The number of nitrogens with two attached hydrogens (primary N) is 2. The van der Waals surface area contributed by atoms with Crippen LogP contribution >= 0.6 is 0 Å². The monoisotopic (exact) mass is 261 g/mol. The zero-order chi connectivity index (χ0) is 13.8. The number of hydrogen-bond acceptors (Lipinski definition) is 3. The molecule has 1 aromatic rings. The Morgan fingerprint density at radius 3 is 2.37 bits per heavy atom. The summed E-state index contributed by atoms with van der Waals surface area (Å²) in [6.45, 7) is 3.88. The number of primary amides is 1. The van der Waals surface area contributed by atoms with Gasteiger partial charge >= 0.3 is 0 Å². The van der Waals surface area contributed by atoms with Crippen molar-refractivity contribution in [1.82, 2.24) is 0 Å². The van der Waals surface area contributed by atoms with Crippen molar-refractivity contribution >= 4 is 11.6 Å². The predicted molar refractivity (Wildman–Crippen MR) is 77.8 cm³/mol. The van der Waals surface area contributed by atoms with E-state index in [0.717, 1.165) is 32.4 Å². The molecule has 1 unspecified atom stereocenters. The Bertz CT molecular complexity index is 422. The van der Waals surface area contributed by atoms with Crippen molar-refractivity contribution in [3.05, 3.63) is 29.8 Å². The number of piperidine rings is 1. The van der Waals surface area contributed by atoms with Gasteiger partial charge in [0.25, 0.3) is 0 Å². The van der Waals surface area contributed by atoms with E-state index in [9.17, 15) is 4.79 Å². The minimum Gasteiger partial charge on any atom is -0.371 e. The van der Waals surface area contributed by atoms with Crippen LogP contribution < -0.4 is 16.4 Å². The van der Waals surface area contributed by atoms with Crippen molar-refractivity contribution in [3.8, 4) is 0 Å². The van der Waals surface area contributed by atoms with E-state index in [1.807, 2.05) is 0 Å². The molecule has 4 nitrogen and oxygen atoms in total. The molecule has 0 aliphatic carbocycles. The Morgan fingerprint density at radius 2 is 1.89 bits per heavy atom. The lowest BCUT2D eigenvalue weighted by Gasteiger charge is -2.32. The topological polar surface area (TPSA) is 72.3 Å². The van der Waals surface area contributed by atoms with Gasteiger partial charge in [-0.1, -0.05) is 19.1 Å². The van der Waals surface area contributed by atoms with Crippen molar-refractivity contribution in [1.29, 1.82) is 0 Å². The molecule has 1 atom stereocenters. The number of amides is 1. The minimum atomic E-state index is -0.163. The summed E-state index contributed by atoms with van der Waals surface area (Å²) >= 11 is 0. The number of carbonyl (C=O) groups is 1. The quantitative estimate of drug-likeness (QED) is 0.868. The Labute approximate surface area is 114 Å². The van der Waals surface area contributed by atoms with Crippen LogP contribution in [0, 0.1) is 5.92 Å². The number of hydrogen-bond donors (Lipinski definition) is 2. The Morgan fingerprint density at radius 1 is 1.32 bits per heavy atom. The number of rotatable bonds is 4. The first kappa shape index (κ1) is 13.9. The predicted octanol–water partition coefficient (Wildman–Crippen LogP) is 1.80. The second-order valence-corrected chi connectivity index (χ2v) is 5.27. The normalized spacial score (nSPS) is 18.3. The van der Waals surface area contributed by atoms with Gasteiger partial charge in [0, 0.05) is 30.7 Å². The number of nitrogens with zero attached hydrogens (tertiary/aromatic N) is 1.